The fourth-order valence-electron chi connectivity index (χ4n) is 6.80. The summed E-state index contributed by atoms with van der Waals surface area (Å²) in [4.78, 5) is 15.7. The van der Waals surface area contributed by atoms with Gasteiger partial charge in [0, 0.05) is 6.42 Å². The molecule has 1 aliphatic carbocycles. The lowest BCUT2D eigenvalue weighted by atomic mass is 9.74. The van der Waals surface area contributed by atoms with Gasteiger partial charge in [0.15, 0.2) is 0 Å². The van der Waals surface area contributed by atoms with Crippen molar-refractivity contribution in [2.75, 3.05) is 19.6 Å². The molecule has 2 aliphatic heterocycles. The Hall–Kier alpha value is -1.81. The largest absolute Gasteiger partial charge is 0.483 e. The highest BCUT2D eigenvalue weighted by Gasteiger charge is 2.39. The van der Waals surface area contributed by atoms with Gasteiger partial charge < -0.3 is 14.4 Å². The highest BCUT2D eigenvalue weighted by atomic mass is 16.5. The van der Waals surface area contributed by atoms with Crippen LogP contribution >= 0.6 is 0 Å². The molecule has 4 rings (SSSR count). The van der Waals surface area contributed by atoms with Crippen molar-refractivity contribution < 1.29 is 14.3 Å². The first-order valence-electron chi connectivity index (χ1n) is 15.7. The summed E-state index contributed by atoms with van der Waals surface area (Å²) in [6.45, 7) is 17.0. The van der Waals surface area contributed by atoms with Gasteiger partial charge in [-0.2, -0.15) is 0 Å². The maximum atomic E-state index is 13.2. The number of esters is 1. The van der Waals surface area contributed by atoms with Crippen LogP contribution in [-0.2, 0) is 4.79 Å². The molecule has 0 saturated carbocycles. The van der Waals surface area contributed by atoms with E-state index >= 15 is 0 Å². The third kappa shape index (κ3) is 7.03. The first-order valence-corrected chi connectivity index (χ1v) is 15.7. The third-order valence-corrected chi connectivity index (χ3v) is 9.46. The minimum absolute atomic E-state index is 0.110. The molecule has 1 aromatic carbocycles. The SMILES string of the molecule is CCCCCC(C)C(C)c1cc(OC(=O)CCCN2CCCCC2)c2c(c1)OC(C)(C)C1=C2CC(C)CC1. The van der Waals surface area contributed by atoms with Crippen LogP contribution in [0.3, 0.4) is 0 Å². The number of hydrogen-bond acceptors (Lipinski definition) is 4. The van der Waals surface area contributed by atoms with E-state index in [1.807, 2.05) is 0 Å². The first-order chi connectivity index (χ1) is 18.2. The number of benzene rings is 1. The van der Waals surface area contributed by atoms with Crippen molar-refractivity contribution >= 4 is 11.5 Å². The van der Waals surface area contributed by atoms with Gasteiger partial charge in [-0.25, -0.2) is 0 Å². The number of nitrogens with zero attached hydrogens (tertiary/aromatic N) is 1. The molecule has 4 nitrogen and oxygen atoms in total. The molecular formula is C34H53NO3. The van der Waals surface area contributed by atoms with Gasteiger partial charge in [-0.1, -0.05) is 59.8 Å². The minimum Gasteiger partial charge on any atom is -0.483 e. The van der Waals surface area contributed by atoms with Crippen molar-refractivity contribution in [3.63, 3.8) is 0 Å². The number of unbranched alkanes of at least 4 members (excludes halogenated alkanes) is 2. The summed E-state index contributed by atoms with van der Waals surface area (Å²) in [5.41, 5.74) is 4.70. The van der Waals surface area contributed by atoms with Crippen molar-refractivity contribution in [1.29, 1.82) is 0 Å². The van der Waals surface area contributed by atoms with Crippen LogP contribution in [0.5, 0.6) is 11.5 Å². The average molecular weight is 524 g/mol. The summed E-state index contributed by atoms with van der Waals surface area (Å²) in [7, 11) is 0. The normalized spacial score (nSPS) is 22.7. The standard InChI is InChI=1S/C34H53NO3/c1-7-8-10-14-25(3)26(4)27-22-30(37-32(36)15-13-20-35-18-11-9-12-19-35)33-28-21-24(2)16-17-29(28)34(5,6)38-31(33)23-27/h22-26H,7-21H2,1-6H3. The number of likely N-dealkylation sites (tertiary alicyclic amines) is 1. The van der Waals surface area contributed by atoms with Gasteiger partial charge in [0.2, 0.25) is 0 Å². The van der Waals surface area contributed by atoms with E-state index in [0.717, 1.165) is 42.9 Å². The molecule has 0 aromatic heterocycles. The quantitative estimate of drug-likeness (QED) is 0.165. The van der Waals surface area contributed by atoms with E-state index < -0.39 is 0 Å². The van der Waals surface area contributed by atoms with E-state index in [1.54, 1.807) is 0 Å². The summed E-state index contributed by atoms with van der Waals surface area (Å²) >= 11 is 0. The number of ether oxygens (including phenoxy) is 2. The maximum Gasteiger partial charge on any atom is 0.311 e. The molecule has 0 spiro atoms. The average Bonchev–Trinajstić information content (AvgIpc) is 2.88. The molecule has 1 saturated heterocycles. The van der Waals surface area contributed by atoms with Crippen LogP contribution in [0.4, 0.5) is 0 Å². The molecule has 3 aliphatic rings. The molecule has 2 heterocycles. The summed E-state index contributed by atoms with van der Waals surface area (Å²) in [5.74, 6) is 3.09. The predicted molar refractivity (Wildman–Crippen MR) is 158 cm³/mol. The van der Waals surface area contributed by atoms with Crippen molar-refractivity contribution in [2.45, 2.75) is 130 Å². The van der Waals surface area contributed by atoms with Crippen molar-refractivity contribution in [1.82, 2.24) is 4.90 Å². The number of carbonyl (C=O) groups excluding carboxylic acids is 1. The number of hydrogen-bond donors (Lipinski definition) is 0. The summed E-state index contributed by atoms with van der Waals surface area (Å²) < 4.78 is 13.0. The second kappa shape index (κ2) is 13.0. The molecule has 4 heteroatoms. The molecule has 0 bridgehead atoms. The predicted octanol–water partition coefficient (Wildman–Crippen LogP) is 8.92. The summed E-state index contributed by atoms with van der Waals surface area (Å²) in [6.07, 6.45) is 13.5. The zero-order chi connectivity index (χ0) is 27.3. The van der Waals surface area contributed by atoms with Crippen LogP contribution in [0.1, 0.15) is 136 Å². The van der Waals surface area contributed by atoms with Crippen molar-refractivity contribution in [3.05, 3.63) is 28.8 Å². The molecule has 3 unspecified atom stereocenters. The fourth-order valence-corrected chi connectivity index (χ4v) is 6.80. The molecule has 0 amide bonds. The molecule has 0 radical (unpaired) electrons. The number of allylic oxidation sites excluding steroid dienone is 1. The number of piperidine rings is 1. The molecular weight excluding hydrogens is 470 g/mol. The Morgan fingerprint density at radius 2 is 1.89 bits per heavy atom. The van der Waals surface area contributed by atoms with Gasteiger partial charge in [0.25, 0.3) is 0 Å². The monoisotopic (exact) mass is 523 g/mol. The van der Waals surface area contributed by atoms with Gasteiger partial charge in [0.05, 0.1) is 5.56 Å². The zero-order valence-corrected chi connectivity index (χ0v) is 25.2. The molecule has 3 atom stereocenters. The third-order valence-electron chi connectivity index (χ3n) is 9.46. The van der Waals surface area contributed by atoms with Gasteiger partial charge in [-0.15, -0.1) is 0 Å². The number of rotatable bonds is 11. The highest BCUT2D eigenvalue weighted by molar-refractivity contribution is 5.84. The van der Waals surface area contributed by atoms with Crippen LogP contribution in [0.15, 0.2) is 17.7 Å². The van der Waals surface area contributed by atoms with Gasteiger partial charge in [-0.05, 0) is 119 Å². The molecule has 1 aromatic rings. The van der Waals surface area contributed by atoms with Crippen LogP contribution in [0, 0.1) is 11.8 Å². The van der Waals surface area contributed by atoms with Crippen LogP contribution in [0.2, 0.25) is 0 Å². The van der Waals surface area contributed by atoms with E-state index in [-0.39, 0.29) is 11.6 Å². The van der Waals surface area contributed by atoms with Crippen LogP contribution in [0.25, 0.3) is 5.57 Å². The fraction of sp³-hybridized carbons (Fsp3) is 0.735. The molecule has 212 valence electrons. The van der Waals surface area contributed by atoms with Crippen molar-refractivity contribution in [2.24, 2.45) is 11.8 Å². The lowest BCUT2D eigenvalue weighted by molar-refractivity contribution is -0.134. The van der Waals surface area contributed by atoms with Gasteiger partial charge in [-0.3, -0.25) is 4.79 Å². The van der Waals surface area contributed by atoms with Gasteiger partial charge in [0.1, 0.15) is 17.1 Å². The van der Waals surface area contributed by atoms with E-state index in [0.29, 0.717) is 24.2 Å². The highest BCUT2D eigenvalue weighted by Crippen LogP contribution is 2.52. The van der Waals surface area contributed by atoms with E-state index in [4.69, 9.17) is 9.47 Å². The van der Waals surface area contributed by atoms with Crippen molar-refractivity contribution in [3.8, 4) is 11.5 Å². The minimum atomic E-state index is -0.327. The molecule has 1 fully saturated rings. The Morgan fingerprint density at radius 3 is 2.63 bits per heavy atom. The Kier molecular flexibility index (Phi) is 10.0. The topological polar surface area (TPSA) is 38.8 Å². The van der Waals surface area contributed by atoms with Crippen LogP contribution < -0.4 is 9.47 Å². The van der Waals surface area contributed by atoms with E-state index in [9.17, 15) is 4.79 Å². The zero-order valence-electron chi connectivity index (χ0n) is 25.2. The Labute approximate surface area is 232 Å². The van der Waals surface area contributed by atoms with Crippen LogP contribution in [-0.4, -0.2) is 36.1 Å². The summed E-state index contributed by atoms with van der Waals surface area (Å²) in [6, 6.07) is 4.43. The second-order valence-electron chi connectivity index (χ2n) is 13.1. The maximum absolute atomic E-state index is 13.2. The molecule has 38 heavy (non-hydrogen) atoms. The molecule has 0 N–H and O–H groups in total. The van der Waals surface area contributed by atoms with E-state index in [2.05, 4.69) is 58.6 Å². The Balaban J connectivity index is 1.60. The lowest BCUT2D eigenvalue weighted by Crippen LogP contribution is -2.37. The number of fused-ring (bicyclic) bond motifs is 2. The second-order valence-corrected chi connectivity index (χ2v) is 13.1. The van der Waals surface area contributed by atoms with E-state index in [1.165, 1.54) is 81.2 Å². The lowest BCUT2D eigenvalue weighted by Gasteiger charge is -2.41. The van der Waals surface area contributed by atoms with Gasteiger partial charge >= 0.3 is 5.97 Å². The summed E-state index contributed by atoms with van der Waals surface area (Å²) in [5, 5.41) is 0. The first kappa shape index (κ1) is 29.2. The smallest absolute Gasteiger partial charge is 0.311 e. The number of carbonyl (C=O) groups is 1. The Morgan fingerprint density at radius 1 is 1.13 bits per heavy atom. The Bertz CT molecular complexity index is 988.